The van der Waals surface area contributed by atoms with Gasteiger partial charge in [-0.1, -0.05) is 13.3 Å². The Labute approximate surface area is 156 Å². The van der Waals surface area contributed by atoms with Gasteiger partial charge in [0, 0.05) is 43.0 Å². The largest absolute Gasteiger partial charge is 0.497 e. The van der Waals surface area contributed by atoms with Crippen LogP contribution in [-0.2, 0) is 4.79 Å². The molecule has 1 saturated heterocycles. The summed E-state index contributed by atoms with van der Waals surface area (Å²) in [6.45, 7) is 3.54. The van der Waals surface area contributed by atoms with Gasteiger partial charge in [-0.05, 0) is 19.3 Å². The highest BCUT2D eigenvalue weighted by molar-refractivity contribution is 5.85. The highest BCUT2D eigenvalue weighted by Gasteiger charge is 2.25. The second-order valence-electron chi connectivity index (χ2n) is 6.24. The molecule has 142 valence electrons. The van der Waals surface area contributed by atoms with Crippen molar-refractivity contribution in [2.75, 3.05) is 32.6 Å². The number of piperidine rings is 1. The maximum Gasteiger partial charge on any atom is 0.239 e. The predicted molar refractivity (Wildman–Crippen MR) is 103 cm³/mol. The molecule has 2 rings (SSSR count). The lowest BCUT2D eigenvalue weighted by molar-refractivity contribution is -0.133. The van der Waals surface area contributed by atoms with Crippen LogP contribution in [0.4, 0.5) is 5.69 Å². The van der Waals surface area contributed by atoms with Crippen molar-refractivity contribution in [1.29, 1.82) is 0 Å². The van der Waals surface area contributed by atoms with Gasteiger partial charge in [-0.2, -0.15) is 0 Å². The fraction of sp³-hybridized carbons (Fsp3) is 0.611. The standard InChI is InChI=1S/C18H29N3O3.ClH/c1-4-5-17(19)18(22)21-8-6-13(7-9-21)20-14-10-15(23-2)12-16(11-14)24-3;/h10-13,17,20H,4-9,19H2,1-3H3;1H. The first kappa shape index (κ1) is 21.4. The van der Waals surface area contributed by atoms with E-state index in [2.05, 4.69) is 5.32 Å². The average molecular weight is 372 g/mol. The second kappa shape index (κ2) is 10.4. The van der Waals surface area contributed by atoms with Gasteiger partial charge in [0.25, 0.3) is 0 Å². The Morgan fingerprint density at radius 3 is 2.28 bits per heavy atom. The number of hydrogen-bond acceptors (Lipinski definition) is 5. The molecule has 1 heterocycles. The third kappa shape index (κ3) is 5.97. The lowest BCUT2D eigenvalue weighted by atomic mass is 10.0. The number of ether oxygens (including phenoxy) is 2. The molecule has 6 nitrogen and oxygen atoms in total. The molecular weight excluding hydrogens is 342 g/mol. The summed E-state index contributed by atoms with van der Waals surface area (Å²) in [6, 6.07) is 5.73. The van der Waals surface area contributed by atoms with Gasteiger partial charge in [-0.15, -0.1) is 12.4 Å². The van der Waals surface area contributed by atoms with Crippen LogP contribution in [0.2, 0.25) is 0 Å². The monoisotopic (exact) mass is 371 g/mol. The molecule has 0 radical (unpaired) electrons. The number of halogens is 1. The molecule has 7 heteroatoms. The lowest BCUT2D eigenvalue weighted by Crippen LogP contribution is -2.48. The van der Waals surface area contributed by atoms with Gasteiger partial charge in [0.05, 0.1) is 20.3 Å². The van der Waals surface area contributed by atoms with Crippen LogP contribution in [-0.4, -0.2) is 50.2 Å². The van der Waals surface area contributed by atoms with E-state index in [4.69, 9.17) is 15.2 Å². The molecule has 0 spiro atoms. The molecule has 1 aliphatic heterocycles. The maximum atomic E-state index is 12.3. The topological polar surface area (TPSA) is 76.8 Å². The van der Waals surface area contributed by atoms with Crippen molar-refractivity contribution in [3.8, 4) is 11.5 Å². The zero-order valence-corrected chi connectivity index (χ0v) is 16.1. The number of nitrogens with two attached hydrogens (primary N) is 1. The third-order valence-corrected chi connectivity index (χ3v) is 4.45. The zero-order valence-electron chi connectivity index (χ0n) is 15.3. The molecule has 1 unspecified atom stereocenters. The van der Waals surface area contributed by atoms with Gasteiger partial charge in [0.1, 0.15) is 11.5 Å². The van der Waals surface area contributed by atoms with E-state index >= 15 is 0 Å². The smallest absolute Gasteiger partial charge is 0.239 e. The minimum Gasteiger partial charge on any atom is -0.497 e. The predicted octanol–water partition coefficient (Wildman–Crippen LogP) is 2.66. The van der Waals surface area contributed by atoms with E-state index in [1.165, 1.54) is 0 Å². The summed E-state index contributed by atoms with van der Waals surface area (Å²) in [6.07, 6.45) is 3.50. The average Bonchev–Trinajstić information content (AvgIpc) is 2.61. The number of carbonyl (C=O) groups excluding carboxylic acids is 1. The van der Waals surface area contributed by atoms with Crippen molar-refractivity contribution in [2.24, 2.45) is 5.73 Å². The molecule has 1 aliphatic rings. The molecule has 1 fully saturated rings. The Kier molecular flexibility index (Phi) is 8.86. The minimum atomic E-state index is -0.359. The summed E-state index contributed by atoms with van der Waals surface area (Å²) in [5.41, 5.74) is 6.92. The Bertz CT molecular complexity index is 526. The molecular formula is C18H30ClN3O3. The first-order valence-corrected chi connectivity index (χ1v) is 8.61. The number of anilines is 1. The van der Waals surface area contributed by atoms with Crippen molar-refractivity contribution in [3.05, 3.63) is 18.2 Å². The van der Waals surface area contributed by atoms with Crippen LogP contribution in [0, 0.1) is 0 Å². The fourth-order valence-electron chi connectivity index (χ4n) is 3.04. The Balaban J connectivity index is 0.00000312. The molecule has 0 bridgehead atoms. The van der Waals surface area contributed by atoms with E-state index in [1.54, 1.807) is 14.2 Å². The molecule has 0 saturated carbocycles. The van der Waals surface area contributed by atoms with Crippen LogP contribution in [0.1, 0.15) is 32.6 Å². The number of hydrogen-bond donors (Lipinski definition) is 2. The van der Waals surface area contributed by atoms with Crippen LogP contribution in [0.25, 0.3) is 0 Å². The van der Waals surface area contributed by atoms with Crippen molar-refractivity contribution >= 4 is 24.0 Å². The van der Waals surface area contributed by atoms with Crippen LogP contribution >= 0.6 is 12.4 Å². The summed E-state index contributed by atoms with van der Waals surface area (Å²) in [5, 5.41) is 3.51. The summed E-state index contributed by atoms with van der Waals surface area (Å²) < 4.78 is 10.6. The number of benzene rings is 1. The van der Waals surface area contributed by atoms with Crippen LogP contribution < -0.4 is 20.5 Å². The van der Waals surface area contributed by atoms with Crippen LogP contribution in [0.3, 0.4) is 0 Å². The number of rotatable bonds is 7. The Hall–Kier alpha value is -1.66. The molecule has 1 aromatic rings. The summed E-state index contributed by atoms with van der Waals surface area (Å²) in [7, 11) is 3.28. The number of amides is 1. The van der Waals surface area contributed by atoms with Gasteiger partial charge in [-0.3, -0.25) is 4.79 Å². The minimum absolute atomic E-state index is 0. The molecule has 25 heavy (non-hydrogen) atoms. The Morgan fingerprint density at radius 1 is 1.24 bits per heavy atom. The highest BCUT2D eigenvalue weighted by atomic mass is 35.5. The molecule has 0 aromatic heterocycles. The Morgan fingerprint density at radius 2 is 1.80 bits per heavy atom. The van der Waals surface area contributed by atoms with Gasteiger partial charge < -0.3 is 25.4 Å². The number of carbonyl (C=O) groups is 1. The summed E-state index contributed by atoms with van der Waals surface area (Å²) >= 11 is 0. The first-order chi connectivity index (χ1) is 11.6. The second-order valence-corrected chi connectivity index (χ2v) is 6.24. The van der Waals surface area contributed by atoms with Crippen molar-refractivity contribution in [3.63, 3.8) is 0 Å². The first-order valence-electron chi connectivity index (χ1n) is 8.61. The highest BCUT2D eigenvalue weighted by Crippen LogP contribution is 2.27. The van der Waals surface area contributed by atoms with Crippen molar-refractivity contribution in [1.82, 2.24) is 4.90 Å². The van der Waals surface area contributed by atoms with E-state index in [1.807, 2.05) is 30.0 Å². The summed E-state index contributed by atoms with van der Waals surface area (Å²) in [5.74, 6) is 1.60. The van der Waals surface area contributed by atoms with Gasteiger partial charge in [-0.25, -0.2) is 0 Å². The van der Waals surface area contributed by atoms with Gasteiger partial charge in [0.15, 0.2) is 0 Å². The molecule has 0 aliphatic carbocycles. The number of nitrogens with zero attached hydrogens (tertiary/aromatic N) is 1. The SMILES string of the molecule is CCCC(N)C(=O)N1CCC(Nc2cc(OC)cc(OC)c2)CC1.Cl. The maximum absolute atomic E-state index is 12.3. The van der Waals surface area contributed by atoms with E-state index in [0.29, 0.717) is 6.04 Å². The van der Waals surface area contributed by atoms with Crippen molar-refractivity contribution in [2.45, 2.75) is 44.7 Å². The van der Waals surface area contributed by atoms with E-state index < -0.39 is 0 Å². The van der Waals surface area contributed by atoms with Gasteiger partial charge >= 0.3 is 0 Å². The lowest BCUT2D eigenvalue weighted by Gasteiger charge is -2.34. The number of methoxy groups -OCH3 is 2. The molecule has 1 aromatic carbocycles. The van der Waals surface area contributed by atoms with Crippen molar-refractivity contribution < 1.29 is 14.3 Å². The zero-order chi connectivity index (χ0) is 17.5. The summed E-state index contributed by atoms with van der Waals surface area (Å²) in [4.78, 5) is 14.2. The fourth-order valence-corrected chi connectivity index (χ4v) is 3.04. The van der Waals surface area contributed by atoms with E-state index in [-0.39, 0.29) is 24.4 Å². The molecule has 3 N–H and O–H groups in total. The molecule has 1 atom stereocenters. The molecule has 1 amide bonds. The quantitative estimate of drug-likeness (QED) is 0.770. The van der Waals surface area contributed by atoms with Crippen LogP contribution in [0.15, 0.2) is 18.2 Å². The number of likely N-dealkylation sites (tertiary alicyclic amines) is 1. The van der Waals surface area contributed by atoms with E-state index in [0.717, 1.165) is 56.0 Å². The third-order valence-electron chi connectivity index (χ3n) is 4.45. The normalized spacial score (nSPS) is 15.9. The number of nitrogens with one attached hydrogen (secondary N) is 1. The van der Waals surface area contributed by atoms with E-state index in [9.17, 15) is 4.79 Å². The van der Waals surface area contributed by atoms with Gasteiger partial charge in [0.2, 0.25) is 5.91 Å². The van der Waals surface area contributed by atoms with Crippen LogP contribution in [0.5, 0.6) is 11.5 Å².